The Bertz CT molecular complexity index is 1200. The second-order valence-corrected chi connectivity index (χ2v) is 10.9. The van der Waals surface area contributed by atoms with E-state index < -0.39 is 6.23 Å². The molecule has 3 N–H and O–H groups in total. The van der Waals surface area contributed by atoms with Crippen LogP contribution < -0.4 is 15.4 Å². The molecule has 38 heavy (non-hydrogen) atoms. The number of para-hydroxylation sites is 1. The molecule has 2 atom stereocenters. The van der Waals surface area contributed by atoms with E-state index in [1.54, 1.807) is 0 Å². The number of fused-ring (bicyclic) bond motifs is 2. The highest BCUT2D eigenvalue weighted by Crippen LogP contribution is 2.42. The number of benzene rings is 2. The molecule has 2 saturated heterocycles. The maximum Gasteiger partial charge on any atom is 0.146 e. The molecule has 2 fully saturated rings. The number of rotatable bonds is 7. The van der Waals surface area contributed by atoms with Crippen molar-refractivity contribution in [3.63, 3.8) is 0 Å². The van der Waals surface area contributed by atoms with Gasteiger partial charge in [-0.15, -0.1) is 0 Å². The molecule has 2 unspecified atom stereocenters. The van der Waals surface area contributed by atoms with Gasteiger partial charge in [0, 0.05) is 60.3 Å². The summed E-state index contributed by atoms with van der Waals surface area (Å²) in [5.74, 6) is 1.78. The molecular weight excluding hydrogens is 476 g/mol. The second kappa shape index (κ2) is 11.4. The van der Waals surface area contributed by atoms with Gasteiger partial charge in [0.15, 0.2) is 0 Å². The number of allylic oxidation sites excluding steroid dienone is 1. The van der Waals surface area contributed by atoms with E-state index >= 15 is 0 Å². The quantitative estimate of drug-likeness (QED) is 0.426. The fourth-order valence-corrected chi connectivity index (χ4v) is 6.05. The Kier molecular flexibility index (Phi) is 7.58. The number of dihydropyridines is 1. The van der Waals surface area contributed by atoms with Crippen LogP contribution in [0.4, 0.5) is 5.69 Å². The van der Waals surface area contributed by atoms with E-state index in [0.717, 1.165) is 60.1 Å². The van der Waals surface area contributed by atoms with Gasteiger partial charge in [0.05, 0.1) is 13.2 Å². The minimum Gasteiger partial charge on any atom is -0.456 e. The maximum absolute atomic E-state index is 10.6. The third-order valence-electron chi connectivity index (χ3n) is 8.04. The summed E-state index contributed by atoms with van der Waals surface area (Å²) in [7, 11) is 0. The first-order valence-corrected chi connectivity index (χ1v) is 14.3. The van der Waals surface area contributed by atoms with Gasteiger partial charge in [-0.05, 0) is 74.3 Å². The predicted octanol–water partition coefficient (Wildman–Crippen LogP) is 4.54. The van der Waals surface area contributed by atoms with Gasteiger partial charge >= 0.3 is 0 Å². The first-order valence-electron chi connectivity index (χ1n) is 14.3. The van der Waals surface area contributed by atoms with Crippen molar-refractivity contribution in [2.75, 3.05) is 51.3 Å². The number of anilines is 1. The molecule has 7 nitrogen and oxygen atoms in total. The first kappa shape index (κ1) is 25.3. The summed E-state index contributed by atoms with van der Waals surface area (Å²) in [5.41, 5.74) is 6.42. The normalized spacial score (nSPS) is 23.4. The fourth-order valence-electron chi connectivity index (χ4n) is 6.05. The van der Waals surface area contributed by atoms with Crippen LogP contribution in [0.2, 0.25) is 0 Å². The number of nitrogens with zero attached hydrogens (tertiary/aromatic N) is 2. The number of hydrogen-bond donors (Lipinski definition) is 3. The fraction of sp³-hybridized carbons (Fsp3) is 0.484. The van der Waals surface area contributed by atoms with Crippen LogP contribution in [0.5, 0.6) is 11.5 Å². The van der Waals surface area contributed by atoms with Crippen LogP contribution in [-0.4, -0.2) is 73.1 Å². The Morgan fingerprint density at radius 3 is 2.87 bits per heavy atom. The smallest absolute Gasteiger partial charge is 0.146 e. The molecule has 0 amide bonds. The second-order valence-electron chi connectivity index (χ2n) is 10.9. The molecule has 0 bridgehead atoms. The van der Waals surface area contributed by atoms with Crippen molar-refractivity contribution in [1.29, 1.82) is 0 Å². The van der Waals surface area contributed by atoms with Gasteiger partial charge in [-0.1, -0.05) is 25.5 Å². The van der Waals surface area contributed by atoms with E-state index in [9.17, 15) is 5.11 Å². The SMILES string of the molecule is CCCCN1CCCC(Nc2ccc3c(c2)Cc2cccc(C4=CC(N5CCOCC5)=CC(O)N4)c2O3)C1. The van der Waals surface area contributed by atoms with Crippen LogP contribution in [0.1, 0.15) is 49.3 Å². The van der Waals surface area contributed by atoms with E-state index in [1.807, 2.05) is 6.08 Å². The molecule has 4 heterocycles. The molecule has 202 valence electrons. The number of piperidine rings is 1. The van der Waals surface area contributed by atoms with Crippen molar-refractivity contribution in [2.24, 2.45) is 0 Å². The minimum atomic E-state index is -0.745. The van der Waals surface area contributed by atoms with Crippen molar-refractivity contribution in [2.45, 2.75) is 51.3 Å². The molecule has 0 aliphatic carbocycles. The van der Waals surface area contributed by atoms with Crippen molar-refractivity contribution in [3.05, 3.63) is 70.9 Å². The number of aliphatic hydroxyl groups excluding tert-OH is 1. The molecule has 7 heteroatoms. The lowest BCUT2D eigenvalue weighted by atomic mass is 9.95. The molecule has 0 spiro atoms. The summed E-state index contributed by atoms with van der Waals surface area (Å²) in [6, 6.07) is 13.3. The lowest BCUT2D eigenvalue weighted by molar-refractivity contribution is 0.0541. The number of nitrogens with one attached hydrogen (secondary N) is 2. The molecular formula is C31H40N4O3. The van der Waals surface area contributed by atoms with E-state index in [-0.39, 0.29) is 0 Å². The Morgan fingerprint density at radius 1 is 1.11 bits per heavy atom. The largest absolute Gasteiger partial charge is 0.456 e. The van der Waals surface area contributed by atoms with Crippen LogP contribution in [-0.2, 0) is 11.2 Å². The number of aliphatic hydroxyl groups is 1. The topological polar surface area (TPSA) is 69.2 Å². The Labute approximate surface area is 226 Å². The molecule has 4 aliphatic rings. The Hall–Kier alpha value is -3.00. The highest BCUT2D eigenvalue weighted by molar-refractivity contribution is 5.75. The number of ether oxygens (including phenoxy) is 2. The zero-order valence-corrected chi connectivity index (χ0v) is 22.4. The first-order chi connectivity index (χ1) is 18.7. The summed E-state index contributed by atoms with van der Waals surface area (Å²) >= 11 is 0. The van der Waals surface area contributed by atoms with Gasteiger partial charge in [-0.25, -0.2) is 0 Å². The Morgan fingerprint density at radius 2 is 2.00 bits per heavy atom. The van der Waals surface area contributed by atoms with Crippen molar-refractivity contribution in [1.82, 2.24) is 15.1 Å². The summed E-state index contributed by atoms with van der Waals surface area (Å²) in [5, 5.41) is 17.6. The van der Waals surface area contributed by atoms with Crippen LogP contribution in [0.3, 0.4) is 0 Å². The summed E-state index contributed by atoms with van der Waals surface area (Å²) in [4.78, 5) is 4.87. The molecule has 0 radical (unpaired) electrons. The van der Waals surface area contributed by atoms with Gasteiger partial charge < -0.3 is 35.0 Å². The highest BCUT2D eigenvalue weighted by Gasteiger charge is 2.26. The zero-order valence-electron chi connectivity index (χ0n) is 22.4. The third-order valence-corrected chi connectivity index (χ3v) is 8.04. The monoisotopic (exact) mass is 516 g/mol. The number of morpholine rings is 1. The molecule has 2 aromatic carbocycles. The van der Waals surface area contributed by atoms with E-state index in [4.69, 9.17) is 9.47 Å². The molecule has 0 saturated carbocycles. The summed E-state index contributed by atoms with van der Waals surface area (Å²) in [6.45, 7) is 8.88. The number of hydrogen-bond acceptors (Lipinski definition) is 7. The van der Waals surface area contributed by atoms with Gasteiger partial charge in [0.1, 0.15) is 17.7 Å². The average Bonchev–Trinajstić information content (AvgIpc) is 2.95. The zero-order chi connectivity index (χ0) is 25.9. The van der Waals surface area contributed by atoms with E-state index in [0.29, 0.717) is 19.3 Å². The molecule has 4 aliphatic heterocycles. The van der Waals surface area contributed by atoms with Crippen molar-refractivity contribution < 1.29 is 14.6 Å². The van der Waals surface area contributed by atoms with Crippen molar-refractivity contribution >= 4 is 11.4 Å². The average molecular weight is 517 g/mol. The van der Waals surface area contributed by atoms with Gasteiger partial charge in [-0.2, -0.15) is 0 Å². The maximum atomic E-state index is 10.6. The number of unbranched alkanes of at least 4 members (excludes halogenated alkanes) is 1. The van der Waals surface area contributed by atoms with Crippen LogP contribution in [0.25, 0.3) is 5.70 Å². The van der Waals surface area contributed by atoms with Gasteiger partial charge in [0.2, 0.25) is 0 Å². The lowest BCUT2D eigenvalue weighted by Gasteiger charge is -2.34. The van der Waals surface area contributed by atoms with E-state index in [2.05, 4.69) is 69.8 Å². The van der Waals surface area contributed by atoms with Crippen LogP contribution in [0.15, 0.2) is 54.2 Å². The van der Waals surface area contributed by atoms with E-state index in [1.165, 1.54) is 50.0 Å². The number of likely N-dealkylation sites (tertiary alicyclic amines) is 1. The molecule has 0 aromatic heterocycles. The third kappa shape index (κ3) is 5.55. The molecule has 6 rings (SSSR count). The predicted molar refractivity (Wildman–Crippen MR) is 151 cm³/mol. The molecule has 2 aromatic rings. The lowest BCUT2D eigenvalue weighted by Crippen LogP contribution is -2.42. The van der Waals surface area contributed by atoms with Crippen LogP contribution >= 0.6 is 0 Å². The Balaban J connectivity index is 1.19. The minimum absolute atomic E-state index is 0.492. The van der Waals surface area contributed by atoms with Gasteiger partial charge in [0.25, 0.3) is 0 Å². The summed E-state index contributed by atoms with van der Waals surface area (Å²) in [6.07, 6.45) is 9.07. The summed E-state index contributed by atoms with van der Waals surface area (Å²) < 4.78 is 12.0. The standard InChI is InChI=1S/C31H40N4O3/c1-2-3-11-34-12-5-7-25(21-34)32-24-9-10-29-23(18-24)17-22-6-4-8-27(31(22)38-29)28-19-26(20-30(36)33-28)35-13-15-37-16-14-35/h4,6,8-10,18-20,25,30,32-33,36H,2-3,5,7,11-17,21H2,1H3. The highest BCUT2D eigenvalue weighted by atomic mass is 16.5. The van der Waals surface area contributed by atoms with Gasteiger partial charge in [-0.3, -0.25) is 0 Å². The van der Waals surface area contributed by atoms with Crippen LogP contribution in [0, 0.1) is 0 Å². The van der Waals surface area contributed by atoms with Crippen molar-refractivity contribution in [3.8, 4) is 11.5 Å².